The van der Waals surface area contributed by atoms with Crippen molar-refractivity contribution >= 4 is 35.0 Å². The van der Waals surface area contributed by atoms with E-state index in [2.05, 4.69) is 36.5 Å². The fourth-order valence-corrected chi connectivity index (χ4v) is 3.69. The van der Waals surface area contributed by atoms with Crippen molar-refractivity contribution in [3.8, 4) is 0 Å². The van der Waals surface area contributed by atoms with Crippen LogP contribution < -0.4 is 5.32 Å². The van der Waals surface area contributed by atoms with E-state index in [1.165, 1.54) is 5.56 Å². The molecule has 2 aromatic carbocycles. The zero-order valence-corrected chi connectivity index (χ0v) is 20.3. The summed E-state index contributed by atoms with van der Waals surface area (Å²) in [6.07, 6.45) is 2.74. The first-order valence-corrected chi connectivity index (χ1v) is 11.6. The molecule has 2 aromatic rings. The van der Waals surface area contributed by atoms with Gasteiger partial charge in [0.1, 0.15) is 6.04 Å². The van der Waals surface area contributed by atoms with Crippen LogP contribution in [0.15, 0.2) is 42.5 Å². The summed E-state index contributed by atoms with van der Waals surface area (Å²) in [6, 6.07) is 12.9. The zero-order valence-electron chi connectivity index (χ0n) is 18.8. The van der Waals surface area contributed by atoms with Gasteiger partial charge in [0, 0.05) is 29.1 Å². The number of halogens is 2. The molecule has 2 amide bonds. The van der Waals surface area contributed by atoms with Crippen molar-refractivity contribution in [3.63, 3.8) is 0 Å². The highest BCUT2D eigenvalue weighted by Crippen LogP contribution is 2.24. The third-order valence-corrected chi connectivity index (χ3v) is 6.17. The summed E-state index contributed by atoms with van der Waals surface area (Å²) >= 11 is 12.4. The molecule has 0 spiro atoms. The summed E-state index contributed by atoms with van der Waals surface area (Å²) < 4.78 is 0. The molecule has 1 N–H and O–H groups in total. The minimum Gasteiger partial charge on any atom is -0.352 e. The maximum atomic E-state index is 13.2. The van der Waals surface area contributed by atoms with E-state index >= 15 is 0 Å². The van der Waals surface area contributed by atoms with Crippen LogP contribution in [-0.4, -0.2) is 28.8 Å². The lowest BCUT2D eigenvalue weighted by molar-refractivity contribution is -0.140. The van der Waals surface area contributed by atoms with E-state index in [1.807, 2.05) is 13.8 Å². The molecular formula is C25H32Cl2N2O2. The molecule has 0 aliphatic rings. The van der Waals surface area contributed by atoms with Crippen LogP contribution in [0.2, 0.25) is 10.0 Å². The van der Waals surface area contributed by atoms with Gasteiger partial charge in [-0.25, -0.2) is 0 Å². The number of carbonyl (C=O) groups is 2. The average Bonchev–Trinajstić information content (AvgIpc) is 2.76. The molecule has 0 bridgehead atoms. The monoisotopic (exact) mass is 462 g/mol. The first kappa shape index (κ1) is 25.2. The minimum absolute atomic E-state index is 0.0445. The molecule has 0 saturated heterocycles. The van der Waals surface area contributed by atoms with Gasteiger partial charge >= 0.3 is 0 Å². The molecule has 0 aliphatic carbocycles. The minimum atomic E-state index is -0.615. The Bertz CT molecular complexity index is 884. The van der Waals surface area contributed by atoms with E-state index < -0.39 is 6.04 Å². The summed E-state index contributed by atoms with van der Waals surface area (Å²) in [6.45, 7) is 8.08. The summed E-state index contributed by atoms with van der Waals surface area (Å²) in [5.74, 6) is -0.252. The van der Waals surface area contributed by atoms with Crippen molar-refractivity contribution in [2.45, 2.75) is 72.0 Å². The first-order valence-electron chi connectivity index (χ1n) is 10.9. The summed E-state index contributed by atoms with van der Waals surface area (Å²) in [5, 5.41) is 3.99. The molecule has 0 aliphatic heterocycles. The van der Waals surface area contributed by atoms with Crippen molar-refractivity contribution < 1.29 is 9.59 Å². The third-order valence-electron chi connectivity index (χ3n) is 5.58. The largest absolute Gasteiger partial charge is 0.352 e. The normalized spacial score (nSPS) is 12.8. The summed E-state index contributed by atoms with van der Waals surface area (Å²) in [5.41, 5.74) is 3.13. The number of hydrogen-bond acceptors (Lipinski definition) is 2. The van der Waals surface area contributed by atoms with E-state index in [0.717, 1.165) is 24.0 Å². The molecule has 2 atom stereocenters. The van der Waals surface area contributed by atoms with Crippen molar-refractivity contribution in [2.24, 2.45) is 0 Å². The van der Waals surface area contributed by atoms with Gasteiger partial charge in [0.05, 0.1) is 0 Å². The van der Waals surface area contributed by atoms with E-state index in [-0.39, 0.29) is 24.4 Å². The molecule has 0 radical (unpaired) electrons. The second-order valence-corrected chi connectivity index (χ2v) is 8.76. The Morgan fingerprint density at radius 2 is 1.65 bits per heavy atom. The Hall–Kier alpha value is -2.04. The van der Waals surface area contributed by atoms with Crippen LogP contribution >= 0.6 is 23.2 Å². The van der Waals surface area contributed by atoms with Crippen molar-refractivity contribution in [1.29, 1.82) is 0 Å². The first-order chi connectivity index (χ1) is 14.7. The molecule has 0 aromatic heterocycles. The maximum absolute atomic E-state index is 13.2. The topological polar surface area (TPSA) is 49.4 Å². The van der Waals surface area contributed by atoms with Gasteiger partial charge in [0.2, 0.25) is 11.8 Å². The number of nitrogens with zero attached hydrogens (tertiary/aromatic N) is 1. The number of aryl methyl sites for hydroxylation is 2. The van der Waals surface area contributed by atoms with Crippen LogP contribution in [0.3, 0.4) is 0 Å². The highest BCUT2D eigenvalue weighted by molar-refractivity contribution is 6.35. The van der Waals surface area contributed by atoms with Crippen LogP contribution in [0, 0.1) is 0 Å². The van der Waals surface area contributed by atoms with Crippen LogP contribution in [0.5, 0.6) is 0 Å². The molecule has 0 heterocycles. The number of nitrogens with one attached hydrogen (secondary N) is 1. The average molecular weight is 463 g/mol. The SMILES string of the molecule is CCc1ccc(CCC(=O)N(Cc2ccc(Cl)cc2Cl)C(C)C(=O)NC(C)CC)cc1. The van der Waals surface area contributed by atoms with Gasteiger partial charge in [-0.2, -0.15) is 0 Å². The summed E-state index contributed by atoms with van der Waals surface area (Å²) in [7, 11) is 0. The van der Waals surface area contributed by atoms with Gasteiger partial charge in [-0.3, -0.25) is 9.59 Å². The highest BCUT2D eigenvalue weighted by atomic mass is 35.5. The standard InChI is InChI=1S/C25H32Cl2N2O2/c1-5-17(3)28-25(31)18(4)29(16-21-12-13-22(26)15-23(21)27)24(30)14-11-20-9-7-19(6-2)8-10-20/h7-10,12-13,15,17-18H,5-6,11,14,16H2,1-4H3,(H,28,31). The molecule has 0 saturated carbocycles. The fraction of sp³-hybridized carbons (Fsp3) is 0.440. The predicted octanol–water partition coefficient (Wildman–Crippen LogP) is 5.82. The second-order valence-electron chi connectivity index (χ2n) is 7.92. The second kappa shape index (κ2) is 12.1. The van der Waals surface area contributed by atoms with Crippen molar-refractivity contribution in [2.75, 3.05) is 0 Å². The van der Waals surface area contributed by atoms with E-state index in [4.69, 9.17) is 23.2 Å². The van der Waals surface area contributed by atoms with Gasteiger partial charge < -0.3 is 10.2 Å². The predicted molar refractivity (Wildman–Crippen MR) is 129 cm³/mol. The number of rotatable bonds is 10. The summed E-state index contributed by atoms with van der Waals surface area (Å²) in [4.78, 5) is 27.6. The zero-order chi connectivity index (χ0) is 23.0. The Morgan fingerprint density at radius 3 is 2.23 bits per heavy atom. The Kier molecular flexibility index (Phi) is 9.86. The lowest BCUT2D eigenvalue weighted by Crippen LogP contribution is -2.49. The van der Waals surface area contributed by atoms with Gasteiger partial charge in [0.25, 0.3) is 0 Å². The van der Waals surface area contributed by atoms with Crippen LogP contribution in [-0.2, 0) is 29.0 Å². The van der Waals surface area contributed by atoms with E-state index in [1.54, 1.807) is 30.0 Å². The molecule has 0 fully saturated rings. The van der Waals surface area contributed by atoms with Gasteiger partial charge in [0.15, 0.2) is 0 Å². The van der Waals surface area contributed by atoms with Crippen LogP contribution in [0.25, 0.3) is 0 Å². The molecular weight excluding hydrogens is 431 g/mol. The molecule has 4 nitrogen and oxygen atoms in total. The van der Waals surface area contributed by atoms with Gasteiger partial charge in [-0.05, 0) is 61.9 Å². The Morgan fingerprint density at radius 1 is 1.00 bits per heavy atom. The molecule has 2 rings (SSSR count). The lowest BCUT2D eigenvalue weighted by atomic mass is 10.0. The number of carbonyl (C=O) groups excluding carboxylic acids is 2. The van der Waals surface area contributed by atoms with Crippen molar-refractivity contribution in [1.82, 2.24) is 10.2 Å². The van der Waals surface area contributed by atoms with Crippen LogP contribution in [0.1, 0.15) is 57.2 Å². The quantitative estimate of drug-likeness (QED) is 0.483. The van der Waals surface area contributed by atoms with Crippen LogP contribution in [0.4, 0.5) is 0 Å². The Labute approximate surface area is 195 Å². The third kappa shape index (κ3) is 7.55. The van der Waals surface area contributed by atoms with Gasteiger partial charge in [-0.1, -0.05) is 67.4 Å². The van der Waals surface area contributed by atoms with Gasteiger partial charge in [-0.15, -0.1) is 0 Å². The van der Waals surface area contributed by atoms with Crippen molar-refractivity contribution in [3.05, 3.63) is 69.2 Å². The Balaban J connectivity index is 2.17. The maximum Gasteiger partial charge on any atom is 0.242 e. The lowest BCUT2D eigenvalue weighted by Gasteiger charge is -2.30. The molecule has 31 heavy (non-hydrogen) atoms. The smallest absolute Gasteiger partial charge is 0.242 e. The van der Waals surface area contributed by atoms with E-state index in [0.29, 0.717) is 22.9 Å². The molecule has 2 unspecified atom stereocenters. The number of hydrogen-bond donors (Lipinski definition) is 1. The number of benzene rings is 2. The van der Waals surface area contributed by atoms with E-state index in [9.17, 15) is 9.59 Å². The fourth-order valence-electron chi connectivity index (χ4n) is 3.22. The molecule has 168 valence electrons. The number of amides is 2. The highest BCUT2D eigenvalue weighted by Gasteiger charge is 2.27. The molecule has 6 heteroatoms.